The van der Waals surface area contributed by atoms with Crippen molar-refractivity contribution in [2.24, 2.45) is 5.73 Å². The monoisotopic (exact) mass is 365 g/mol. The summed E-state index contributed by atoms with van der Waals surface area (Å²) in [6.07, 6.45) is 0. The fourth-order valence-corrected chi connectivity index (χ4v) is 2.52. The Balaban J connectivity index is 1.92. The summed E-state index contributed by atoms with van der Waals surface area (Å²) in [5.41, 5.74) is 6.69. The number of nitrogens with two attached hydrogens (primary N) is 1. The third-order valence-corrected chi connectivity index (χ3v) is 4.02. The lowest BCUT2D eigenvalue weighted by Crippen LogP contribution is -2.31. The second-order valence-electron chi connectivity index (χ2n) is 5.20. The molecule has 2 aromatic carbocycles. The number of alkyl halides is 2. The average molecular weight is 365 g/mol. The first-order valence-electron chi connectivity index (χ1n) is 7.37. The molecule has 2 rings (SSSR count). The number of nitrogens with one attached hydrogen (secondary N) is 2. The summed E-state index contributed by atoms with van der Waals surface area (Å²) in [6, 6.07) is 12.1. The van der Waals surface area contributed by atoms with E-state index in [1.165, 1.54) is 12.1 Å². The Bertz CT molecular complexity index is 737. The number of carbonyl (C=O) groups is 2. The molecule has 0 aliphatic heterocycles. The highest BCUT2D eigenvalue weighted by atomic mass is 32.2. The van der Waals surface area contributed by atoms with Gasteiger partial charge in [-0.05, 0) is 55.5 Å². The van der Waals surface area contributed by atoms with Gasteiger partial charge in [0.2, 0.25) is 11.8 Å². The number of benzene rings is 2. The van der Waals surface area contributed by atoms with Crippen molar-refractivity contribution in [3.63, 3.8) is 0 Å². The van der Waals surface area contributed by atoms with E-state index >= 15 is 0 Å². The molecule has 132 valence electrons. The summed E-state index contributed by atoms with van der Waals surface area (Å²) >= 11 is 0.464. The fourth-order valence-electron chi connectivity index (χ4n) is 2.02. The van der Waals surface area contributed by atoms with Crippen molar-refractivity contribution in [3.8, 4) is 0 Å². The molecule has 0 aromatic heterocycles. The van der Waals surface area contributed by atoms with Crippen LogP contribution >= 0.6 is 11.8 Å². The van der Waals surface area contributed by atoms with Gasteiger partial charge in [-0.25, -0.2) is 0 Å². The molecule has 5 nitrogen and oxygen atoms in total. The van der Waals surface area contributed by atoms with Crippen LogP contribution in [0, 0.1) is 0 Å². The van der Waals surface area contributed by atoms with E-state index in [1.807, 2.05) is 0 Å². The minimum absolute atomic E-state index is 0.280. The minimum atomic E-state index is -2.47. The molecular formula is C17H17F2N3O2S. The third kappa shape index (κ3) is 5.75. The van der Waals surface area contributed by atoms with Gasteiger partial charge >= 0.3 is 0 Å². The van der Waals surface area contributed by atoms with Crippen molar-refractivity contribution in [2.45, 2.75) is 23.6 Å². The van der Waals surface area contributed by atoms with Gasteiger partial charge in [-0.3, -0.25) is 9.59 Å². The highest BCUT2D eigenvalue weighted by Gasteiger charge is 2.13. The zero-order valence-electron chi connectivity index (χ0n) is 13.3. The lowest BCUT2D eigenvalue weighted by atomic mass is 10.2. The van der Waals surface area contributed by atoms with Gasteiger partial charge in [0.15, 0.2) is 0 Å². The quantitative estimate of drug-likeness (QED) is 0.655. The highest BCUT2D eigenvalue weighted by Crippen LogP contribution is 2.26. The van der Waals surface area contributed by atoms with Crippen molar-refractivity contribution in [1.29, 1.82) is 0 Å². The van der Waals surface area contributed by atoms with Crippen LogP contribution in [-0.2, 0) is 4.79 Å². The molecule has 0 bridgehead atoms. The minimum Gasteiger partial charge on any atom is -0.374 e. The van der Waals surface area contributed by atoms with E-state index in [2.05, 4.69) is 10.6 Å². The van der Waals surface area contributed by atoms with Crippen LogP contribution in [0.4, 0.5) is 20.2 Å². The zero-order chi connectivity index (χ0) is 18.4. The number of rotatable bonds is 7. The standard InChI is InChI=1S/C17H17F2N3O2S/c1-10(21-12-6-8-14(9-7-12)25-17(18)19)16(24)22-13-4-2-11(3-5-13)15(20)23/h2-10,17,21H,1H3,(H2,20,23)(H,22,24). The molecule has 1 unspecified atom stereocenters. The van der Waals surface area contributed by atoms with Gasteiger partial charge in [-0.15, -0.1) is 0 Å². The molecule has 0 saturated heterocycles. The molecule has 0 heterocycles. The first-order valence-corrected chi connectivity index (χ1v) is 8.25. The van der Waals surface area contributed by atoms with Crippen molar-refractivity contribution < 1.29 is 18.4 Å². The molecule has 2 aromatic rings. The maximum atomic E-state index is 12.3. The smallest absolute Gasteiger partial charge is 0.288 e. The van der Waals surface area contributed by atoms with Crippen LogP contribution in [0.15, 0.2) is 53.4 Å². The Morgan fingerprint density at radius 1 is 1.00 bits per heavy atom. The van der Waals surface area contributed by atoms with E-state index in [0.717, 1.165) is 0 Å². The second kappa shape index (κ2) is 8.48. The molecule has 0 spiro atoms. The topological polar surface area (TPSA) is 84.2 Å². The van der Waals surface area contributed by atoms with E-state index in [4.69, 9.17) is 5.73 Å². The van der Waals surface area contributed by atoms with Crippen LogP contribution < -0.4 is 16.4 Å². The molecule has 0 saturated carbocycles. The summed E-state index contributed by atoms with van der Waals surface area (Å²) in [6.45, 7) is 1.68. The Kier molecular flexibility index (Phi) is 6.35. The van der Waals surface area contributed by atoms with Crippen molar-refractivity contribution >= 4 is 35.0 Å². The number of primary amides is 1. The van der Waals surface area contributed by atoms with Crippen LogP contribution in [0.5, 0.6) is 0 Å². The number of amides is 2. The molecule has 2 amide bonds. The number of anilines is 2. The maximum Gasteiger partial charge on any atom is 0.288 e. The lowest BCUT2D eigenvalue weighted by molar-refractivity contribution is -0.116. The van der Waals surface area contributed by atoms with Crippen LogP contribution in [0.25, 0.3) is 0 Å². The predicted octanol–water partition coefficient (Wildman–Crippen LogP) is 3.54. The molecule has 0 fully saturated rings. The van der Waals surface area contributed by atoms with Gasteiger partial charge in [0.1, 0.15) is 6.04 Å². The molecule has 0 aliphatic rings. The van der Waals surface area contributed by atoms with E-state index in [-0.39, 0.29) is 5.91 Å². The van der Waals surface area contributed by atoms with E-state index in [0.29, 0.717) is 33.6 Å². The molecule has 0 aliphatic carbocycles. The van der Waals surface area contributed by atoms with Crippen LogP contribution in [0.2, 0.25) is 0 Å². The molecule has 0 radical (unpaired) electrons. The Labute approximate surface area is 148 Å². The summed E-state index contributed by atoms with van der Waals surface area (Å²) in [5, 5.41) is 5.70. The summed E-state index contributed by atoms with van der Waals surface area (Å²) in [4.78, 5) is 23.6. The first-order chi connectivity index (χ1) is 11.8. The van der Waals surface area contributed by atoms with E-state index in [9.17, 15) is 18.4 Å². The third-order valence-electron chi connectivity index (χ3n) is 3.29. The van der Waals surface area contributed by atoms with Crippen molar-refractivity contribution in [1.82, 2.24) is 0 Å². The largest absolute Gasteiger partial charge is 0.374 e. The number of thioether (sulfide) groups is 1. The fraction of sp³-hybridized carbons (Fsp3) is 0.176. The summed E-state index contributed by atoms with van der Waals surface area (Å²) in [5.74, 6) is -3.29. The summed E-state index contributed by atoms with van der Waals surface area (Å²) in [7, 11) is 0. The molecule has 8 heteroatoms. The maximum absolute atomic E-state index is 12.3. The molecule has 25 heavy (non-hydrogen) atoms. The number of carbonyl (C=O) groups excluding carboxylic acids is 2. The van der Waals surface area contributed by atoms with Crippen molar-refractivity contribution in [3.05, 3.63) is 54.1 Å². The van der Waals surface area contributed by atoms with Crippen LogP contribution in [0.3, 0.4) is 0 Å². The normalized spacial score (nSPS) is 11.8. The Hall–Kier alpha value is -2.61. The van der Waals surface area contributed by atoms with Gasteiger partial charge < -0.3 is 16.4 Å². The average Bonchev–Trinajstić information content (AvgIpc) is 2.56. The van der Waals surface area contributed by atoms with E-state index < -0.39 is 17.7 Å². The lowest BCUT2D eigenvalue weighted by Gasteiger charge is -2.15. The number of hydrogen-bond acceptors (Lipinski definition) is 4. The van der Waals surface area contributed by atoms with Crippen molar-refractivity contribution in [2.75, 3.05) is 10.6 Å². The zero-order valence-corrected chi connectivity index (χ0v) is 14.1. The second-order valence-corrected chi connectivity index (χ2v) is 6.26. The molecule has 4 N–H and O–H groups in total. The number of halogens is 2. The molecule has 1 atom stereocenters. The van der Waals surface area contributed by atoms with Crippen LogP contribution in [0.1, 0.15) is 17.3 Å². The SMILES string of the molecule is CC(Nc1ccc(SC(F)F)cc1)C(=O)Nc1ccc(C(N)=O)cc1. The van der Waals surface area contributed by atoms with Gasteiger partial charge in [-0.1, -0.05) is 11.8 Å². The predicted molar refractivity (Wildman–Crippen MR) is 95.0 cm³/mol. The Morgan fingerprint density at radius 3 is 2.08 bits per heavy atom. The number of hydrogen-bond donors (Lipinski definition) is 3. The van der Waals surface area contributed by atoms with Gasteiger partial charge in [0, 0.05) is 21.8 Å². The van der Waals surface area contributed by atoms with Gasteiger partial charge in [0.25, 0.3) is 5.76 Å². The highest BCUT2D eigenvalue weighted by molar-refractivity contribution is 7.99. The van der Waals surface area contributed by atoms with Gasteiger partial charge in [-0.2, -0.15) is 8.78 Å². The Morgan fingerprint density at radius 2 is 1.56 bits per heavy atom. The summed E-state index contributed by atoms with van der Waals surface area (Å²) < 4.78 is 24.6. The van der Waals surface area contributed by atoms with Crippen LogP contribution in [-0.4, -0.2) is 23.6 Å². The van der Waals surface area contributed by atoms with E-state index in [1.54, 1.807) is 43.3 Å². The van der Waals surface area contributed by atoms with Gasteiger partial charge in [0.05, 0.1) is 0 Å². The first kappa shape index (κ1) is 18.7. The molecular weight excluding hydrogens is 348 g/mol.